The first-order chi connectivity index (χ1) is 8.95. The van der Waals surface area contributed by atoms with Gasteiger partial charge in [0.05, 0.1) is 0 Å². The molecule has 0 aliphatic carbocycles. The highest BCUT2D eigenvalue weighted by Crippen LogP contribution is 2.17. The van der Waals surface area contributed by atoms with E-state index in [1.165, 1.54) is 11.0 Å². The second-order valence-corrected chi connectivity index (χ2v) is 5.37. The summed E-state index contributed by atoms with van der Waals surface area (Å²) in [5.41, 5.74) is 1.11. The molecule has 0 aromatic carbocycles. The molecule has 0 saturated carbocycles. The molecule has 0 spiro atoms. The van der Waals surface area contributed by atoms with E-state index in [9.17, 15) is 9.59 Å². The maximum Gasteiger partial charge on any atom is 0.323 e. The second kappa shape index (κ2) is 7.09. The normalized spacial score (nSPS) is 12.6. The van der Waals surface area contributed by atoms with Crippen LogP contribution in [0.1, 0.15) is 30.7 Å². The molecule has 0 bridgehead atoms. The molecule has 1 unspecified atom stereocenters. The Balaban J connectivity index is 2.79. The van der Waals surface area contributed by atoms with Crippen molar-refractivity contribution in [2.24, 2.45) is 0 Å². The van der Waals surface area contributed by atoms with Gasteiger partial charge < -0.3 is 10.0 Å². The van der Waals surface area contributed by atoms with Gasteiger partial charge in [-0.3, -0.25) is 9.59 Å². The van der Waals surface area contributed by atoms with Gasteiger partial charge in [-0.1, -0.05) is 6.92 Å². The quantitative estimate of drug-likeness (QED) is 0.816. The fraction of sp³-hybridized carbons (Fsp3) is 0.429. The molecule has 104 valence electrons. The van der Waals surface area contributed by atoms with Crippen molar-refractivity contribution in [1.82, 2.24) is 4.90 Å². The molecule has 5 heteroatoms. The molecule has 0 radical (unpaired) electrons. The molecule has 1 aromatic rings. The maximum absolute atomic E-state index is 12.1. The van der Waals surface area contributed by atoms with Gasteiger partial charge in [0.25, 0.3) is 0 Å². The minimum atomic E-state index is -0.991. The van der Waals surface area contributed by atoms with E-state index < -0.39 is 5.97 Å². The second-order valence-electron chi connectivity index (χ2n) is 4.42. The number of carboxylic acid groups (broad SMARTS) is 1. The molecule has 1 rings (SSSR count). The summed E-state index contributed by atoms with van der Waals surface area (Å²) < 4.78 is 0. The molecular formula is C14H19NO3S. The Morgan fingerprint density at radius 1 is 1.53 bits per heavy atom. The summed E-state index contributed by atoms with van der Waals surface area (Å²) in [5.74, 6) is -1.25. The van der Waals surface area contributed by atoms with Gasteiger partial charge in [-0.15, -0.1) is 11.3 Å². The van der Waals surface area contributed by atoms with Crippen LogP contribution in [0.5, 0.6) is 0 Å². The van der Waals surface area contributed by atoms with Gasteiger partial charge in [0.2, 0.25) is 5.91 Å². The van der Waals surface area contributed by atoms with E-state index in [0.717, 1.165) is 16.9 Å². The third-order valence-corrected chi connectivity index (χ3v) is 3.97. The van der Waals surface area contributed by atoms with Crippen molar-refractivity contribution in [2.45, 2.75) is 33.2 Å². The zero-order valence-electron chi connectivity index (χ0n) is 11.4. The van der Waals surface area contributed by atoms with Crippen LogP contribution in [0.25, 0.3) is 6.08 Å². The third kappa shape index (κ3) is 4.52. The molecule has 1 heterocycles. The van der Waals surface area contributed by atoms with Crippen LogP contribution in [0.15, 0.2) is 17.5 Å². The van der Waals surface area contributed by atoms with Crippen LogP contribution < -0.4 is 0 Å². The lowest BCUT2D eigenvalue weighted by atomic mass is 10.2. The van der Waals surface area contributed by atoms with E-state index in [2.05, 4.69) is 0 Å². The number of aliphatic carboxylic acids is 1. The highest BCUT2D eigenvalue weighted by Gasteiger charge is 2.19. The van der Waals surface area contributed by atoms with Gasteiger partial charge in [0.1, 0.15) is 6.54 Å². The summed E-state index contributed by atoms with van der Waals surface area (Å²) in [5, 5.41) is 10.8. The monoisotopic (exact) mass is 281 g/mol. The molecule has 0 fully saturated rings. The summed E-state index contributed by atoms with van der Waals surface area (Å²) in [4.78, 5) is 25.3. The van der Waals surface area contributed by atoms with Crippen molar-refractivity contribution in [3.8, 4) is 0 Å². The first-order valence-electron chi connectivity index (χ1n) is 6.20. The lowest BCUT2D eigenvalue weighted by molar-refractivity contribution is -0.144. The van der Waals surface area contributed by atoms with Crippen molar-refractivity contribution in [3.05, 3.63) is 28.0 Å². The van der Waals surface area contributed by atoms with Crippen molar-refractivity contribution in [2.75, 3.05) is 6.54 Å². The summed E-state index contributed by atoms with van der Waals surface area (Å²) >= 11 is 1.56. The average Bonchev–Trinajstić information content (AvgIpc) is 2.77. The van der Waals surface area contributed by atoms with Crippen molar-refractivity contribution < 1.29 is 14.7 Å². The van der Waals surface area contributed by atoms with Gasteiger partial charge in [-0.25, -0.2) is 0 Å². The first-order valence-corrected chi connectivity index (χ1v) is 7.08. The highest BCUT2D eigenvalue weighted by atomic mass is 32.1. The van der Waals surface area contributed by atoms with Crippen molar-refractivity contribution in [3.63, 3.8) is 0 Å². The lowest BCUT2D eigenvalue weighted by Crippen LogP contribution is -2.40. The Kier molecular flexibility index (Phi) is 5.76. The number of rotatable bonds is 6. The van der Waals surface area contributed by atoms with E-state index in [1.807, 2.05) is 32.2 Å². The van der Waals surface area contributed by atoms with E-state index >= 15 is 0 Å². The topological polar surface area (TPSA) is 57.6 Å². The van der Waals surface area contributed by atoms with Crippen LogP contribution in [0, 0.1) is 6.92 Å². The van der Waals surface area contributed by atoms with Crippen LogP contribution in [-0.4, -0.2) is 34.5 Å². The Morgan fingerprint density at radius 3 is 2.68 bits per heavy atom. The van der Waals surface area contributed by atoms with Gasteiger partial charge in [-0.05, 0) is 43.4 Å². The Bertz CT molecular complexity index is 479. The predicted octanol–water partition coefficient (Wildman–Crippen LogP) is 2.78. The highest BCUT2D eigenvalue weighted by molar-refractivity contribution is 7.11. The number of aryl methyl sites for hydroxylation is 1. The molecule has 1 N–H and O–H groups in total. The van der Waals surface area contributed by atoms with E-state index in [4.69, 9.17) is 5.11 Å². The standard InChI is InChI=1S/C14H19NO3S/c1-4-11(3)15(9-14(17)18)13(16)6-5-12-10(2)7-8-19-12/h5-8,11H,4,9H2,1-3H3,(H,17,18)/b6-5+. The third-order valence-electron chi connectivity index (χ3n) is 2.99. The van der Waals surface area contributed by atoms with Crippen molar-refractivity contribution >= 4 is 29.3 Å². The van der Waals surface area contributed by atoms with Crippen LogP contribution in [0.4, 0.5) is 0 Å². The number of nitrogens with zero attached hydrogens (tertiary/aromatic N) is 1. The number of carbonyl (C=O) groups is 2. The largest absolute Gasteiger partial charge is 0.480 e. The smallest absolute Gasteiger partial charge is 0.323 e. The Labute approximate surface area is 117 Å². The zero-order valence-corrected chi connectivity index (χ0v) is 12.2. The van der Waals surface area contributed by atoms with E-state index in [1.54, 1.807) is 17.4 Å². The SMILES string of the molecule is CCC(C)N(CC(=O)O)C(=O)/C=C/c1sccc1C. The molecular weight excluding hydrogens is 262 g/mol. The van der Waals surface area contributed by atoms with Gasteiger partial charge in [0, 0.05) is 17.0 Å². The number of carboxylic acids is 1. The molecule has 4 nitrogen and oxygen atoms in total. The molecule has 0 aliphatic heterocycles. The minimum absolute atomic E-state index is 0.0855. The number of hydrogen-bond acceptors (Lipinski definition) is 3. The Morgan fingerprint density at radius 2 is 2.21 bits per heavy atom. The van der Waals surface area contributed by atoms with Crippen LogP contribution in [0.3, 0.4) is 0 Å². The molecule has 19 heavy (non-hydrogen) atoms. The molecule has 1 aromatic heterocycles. The maximum atomic E-state index is 12.1. The Hall–Kier alpha value is -1.62. The van der Waals surface area contributed by atoms with Gasteiger partial charge in [-0.2, -0.15) is 0 Å². The molecule has 0 aliphatic rings. The molecule has 0 saturated heterocycles. The minimum Gasteiger partial charge on any atom is -0.480 e. The number of amides is 1. The van der Waals surface area contributed by atoms with Crippen LogP contribution in [-0.2, 0) is 9.59 Å². The van der Waals surface area contributed by atoms with Gasteiger partial charge >= 0.3 is 5.97 Å². The molecule has 1 amide bonds. The average molecular weight is 281 g/mol. The zero-order chi connectivity index (χ0) is 14.4. The summed E-state index contributed by atoms with van der Waals surface area (Å²) in [6.07, 6.45) is 3.93. The van der Waals surface area contributed by atoms with Crippen molar-refractivity contribution in [1.29, 1.82) is 0 Å². The first kappa shape index (κ1) is 15.4. The number of thiophene rings is 1. The summed E-state index contributed by atoms with van der Waals surface area (Å²) in [6.45, 7) is 5.50. The fourth-order valence-electron chi connectivity index (χ4n) is 1.61. The van der Waals surface area contributed by atoms with Crippen LogP contribution >= 0.6 is 11.3 Å². The fourth-order valence-corrected chi connectivity index (χ4v) is 2.43. The number of hydrogen-bond donors (Lipinski definition) is 1. The number of carbonyl (C=O) groups excluding carboxylic acids is 1. The summed E-state index contributed by atoms with van der Waals surface area (Å²) in [6, 6.07) is 1.90. The van der Waals surface area contributed by atoms with Crippen LogP contribution in [0.2, 0.25) is 0 Å². The van der Waals surface area contributed by atoms with E-state index in [0.29, 0.717) is 0 Å². The van der Waals surface area contributed by atoms with Gasteiger partial charge in [0.15, 0.2) is 0 Å². The lowest BCUT2D eigenvalue weighted by Gasteiger charge is -2.25. The van der Waals surface area contributed by atoms with E-state index in [-0.39, 0.29) is 18.5 Å². The summed E-state index contributed by atoms with van der Waals surface area (Å²) in [7, 11) is 0. The molecule has 1 atom stereocenters. The predicted molar refractivity (Wildman–Crippen MR) is 77.2 cm³/mol.